The summed E-state index contributed by atoms with van der Waals surface area (Å²) in [7, 11) is -3.90. The van der Waals surface area contributed by atoms with Gasteiger partial charge in [-0.3, -0.25) is 4.40 Å². The summed E-state index contributed by atoms with van der Waals surface area (Å²) in [5.74, 6) is 0. The lowest BCUT2D eigenvalue weighted by molar-refractivity contribution is 0.593. The molecule has 0 unspecified atom stereocenters. The molecule has 15 heavy (non-hydrogen) atoms. The van der Waals surface area contributed by atoms with Gasteiger partial charge in [0.05, 0.1) is 0 Å². The lowest BCUT2D eigenvalue weighted by atomic mass is 10.5. The fourth-order valence-electron chi connectivity index (χ4n) is 1.22. The summed E-state index contributed by atoms with van der Waals surface area (Å²) in [5, 5.41) is 5.03. The van der Waals surface area contributed by atoms with E-state index in [0.29, 0.717) is 10.7 Å². The van der Waals surface area contributed by atoms with Gasteiger partial charge in [0.2, 0.25) is 0 Å². The average Bonchev–Trinajstić information content (AvgIpc) is 2.38. The van der Waals surface area contributed by atoms with Crippen molar-refractivity contribution in [3.63, 3.8) is 0 Å². The highest BCUT2D eigenvalue weighted by molar-refractivity contribution is 7.89. The van der Waals surface area contributed by atoms with Crippen LogP contribution in [0.15, 0.2) is 23.4 Å². The number of primary sulfonamides is 1. The quantitative estimate of drug-likeness (QED) is 0.844. The molecule has 0 radical (unpaired) electrons. The zero-order valence-electron chi connectivity index (χ0n) is 7.18. The van der Waals surface area contributed by atoms with Crippen molar-refractivity contribution < 1.29 is 8.42 Å². The molecule has 2 heterocycles. The monoisotopic (exact) mass is 265 g/mol. The first-order valence-corrected chi connectivity index (χ1v) is 6.06. The summed E-state index contributed by atoms with van der Waals surface area (Å²) in [6.07, 6.45) is 1.44. The number of nitrogens with two attached hydrogens (primary N) is 1. The Balaban J connectivity index is 2.92. The molecule has 0 fully saturated rings. The van der Waals surface area contributed by atoms with E-state index in [1.54, 1.807) is 0 Å². The molecular weight excluding hydrogens is 261 g/mol. The van der Waals surface area contributed by atoms with Gasteiger partial charge in [-0.05, 0) is 6.07 Å². The van der Waals surface area contributed by atoms with Crippen LogP contribution in [0.3, 0.4) is 0 Å². The van der Waals surface area contributed by atoms with Crippen LogP contribution in [0.25, 0.3) is 5.65 Å². The first-order chi connectivity index (χ1) is 6.89. The van der Waals surface area contributed by atoms with E-state index in [1.807, 2.05) is 0 Å². The van der Waals surface area contributed by atoms with Crippen LogP contribution < -0.4 is 5.14 Å². The lowest BCUT2D eigenvalue weighted by Crippen LogP contribution is -2.14. The van der Waals surface area contributed by atoms with Crippen molar-refractivity contribution in [2.75, 3.05) is 0 Å². The topological polar surface area (TPSA) is 77.5 Å². The molecule has 2 rings (SSSR count). The zero-order chi connectivity index (χ0) is 11.2. The van der Waals surface area contributed by atoms with Crippen molar-refractivity contribution in [3.05, 3.63) is 28.5 Å². The number of aromatic nitrogens is 2. The van der Waals surface area contributed by atoms with Gasteiger partial charge in [0.25, 0.3) is 10.0 Å². The second-order valence-corrected chi connectivity index (χ2v) is 5.10. The summed E-state index contributed by atoms with van der Waals surface area (Å²) in [6.45, 7) is 0. The normalized spacial score (nSPS) is 12.2. The smallest absolute Gasteiger partial charge is 0.257 e. The average molecular weight is 266 g/mol. The Labute approximate surface area is 95.5 Å². The van der Waals surface area contributed by atoms with Gasteiger partial charge >= 0.3 is 0 Å². The highest BCUT2D eigenvalue weighted by Gasteiger charge is 2.20. The van der Waals surface area contributed by atoms with Crippen molar-refractivity contribution in [2.45, 2.75) is 5.03 Å². The summed E-state index contributed by atoms with van der Waals surface area (Å²) >= 11 is 11.4. The van der Waals surface area contributed by atoms with Crippen LogP contribution in [-0.4, -0.2) is 17.8 Å². The SMILES string of the molecule is NS(=O)(=O)c1c(Cl)nc2cc(Cl)ccn12. The predicted octanol–water partition coefficient (Wildman–Crippen LogP) is 1.29. The predicted molar refractivity (Wildman–Crippen MR) is 56.6 cm³/mol. The highest BCUT2D eigenvalue weighted by atomic mass is 35.5. The number of hydrogen-bond acceptors (Lipinski definition) is 3. The van der Waals surface area contributed by atoms with E-state index in [2.05, 4.69) is 4.98 Å². The fraction of sp³-hybridized carbons (Fsp3) is 0. The molecule has 0 atom stereocenters. The van der Waals surface area contributed by atoms with Gasteiger partial charge in [-0.1, -0.05) is 23.2 Å². The van der Waals surface area contributed by atoms with E-state index in [-0.39, 0.29) is 10.2 Å². The van der Waals surface area contributed by atoms with Gasteiger partial charge in [0, 0.05) is 17.3 Å². The molecule has 0 spiro atoms. The van der Waals surface area contributed by atoms with Gasteiger partial charge in [0.1, 0.15) is 5.65 Å². The minimum absolute atomic E-state index is 0.167. The third-order valence-corrected chi connectivity index (χ3v) is 3.31. The molecule has 0 saturated heterocycles. The lowest BCUT2D eigenvalue weighted by Gasteiger charge is -1.98. The number of hydrogen-bond donors (Lipinski definition) is 1. The summed E-state index contributed by atoms with van der Waals surface area (Å²) in [5.41, 5.74) is 0.330. The van der Waals surface area contributed by atoms with Crippen LogP contribution in [0.4, 0.5) is 0 Å². The van der Waals surface area contributed by atoms with Crippen molar-refractivity contribution in [2.24, 2.45) is 5.14 Å². The Morgan fingerprint density at radius 2 is 2.07 bits per heavy atom. The number of nitrogens with zero attached hydrogens (tertiary/aromatic N) is 2. The van der Waals surface area contributed by atoms with Gasteiger partial charge in [0.15, 0.2) is 10.2 Å². The van der Waals surface area contributed by atoms with Gasteiger partial charge in [-0.2, -0.15) is 0 Å². The molecule has 0 aliphatic heterocycles. The Morgan fingerprint density at radius 3 is 2.67 bits per heavy atom. The third-order valence-electron chi connectivity index (χ3n) is 1.77. The number of sulfonamides is 1. The maximum absolute atomic E-state index is 11.2. The van der Waals surface area contributed by atoms with Gasteiger partial charge in [-0.25, -0.2) is 18.5 Å². The highest BCUT2D eigenvalue weighted by Crippen LogP contribution is 2.23. The number of fused-ring (bicyclic) bond motifs is 1. The summed E-state index contributed by atoms with van der Waals surface area (Å²) < 4.78 is 23.7. The molecule has 2 aromatic rings. The number of pyridine rings is 1. The van der Waals surface area contributed by atoms with Crippen LogP contribution in [0.1, 0.15) is 0 Å². The maximum atomic E-state index is 11.2. The minimum Gasteiger partial charge on any atom is -0.288 e. The maximum Gasteiger partial charge on any atom is 0.257 e. The van der Waals surface area contributed by atoms with E-state index >= 15 is 0 Å². The molecule has 0 aliphatic rings. The molecule has 80 valence electrons. The number of halogens is 2. The van der Waals surface area contributed by atoms with Crippen LogP contribution in [0.5, 0.6) is 0 Å². The van der Waals surface area contributed by atoms with E-state index in [0.717, 1.165) is 0 Å². The van der Waals surface area contributed by atoms with Crippen molar-refractivity contribution >= 4 is 38.9 Å². The van der Waals surface area contributed by atoms with Crippen LogP contribution in [-0.2, 0) is 10.0 Å². The first kappa shape index (κ1) is 10.7. The van der Waals surface area contributed by atoms with E-state index in [9.17, 15) is 8.42 Å². The fourth-order valence-corrected chi connectivity index (χ4v) is 2.59. The van der Waals surface area contributed by atoms with Crippen LogP contribution in [0.2, 0.25) is 10.2 Å². The summed E-state index contributed by atoms with van der Waals surface area (Å²) in [6, 6.07) is 3.00. The number of rotatable bonds is 1. The van der Waals surface area contributed by atoms with Gasteiger partial charge in [-0.15, -0.1) is 0 Å². The molecule has 5 nitrogen and oxygen atoms in total. The van der Waals surface area contributed by atoms with E-state index < -0.39 is 10.0 Å². The van der Waals surface area contributed by atoms with Crippen molar-refractivity contribution in [1.82, 2.24) is 9.38 Å². The van der Waals surface area contributed by atoms with Gasteiger partial charge < -0.3 is 0 Å². The van der Waals surface area contributed by atoms with Crippen LogP contribution >= 0.6 is 23.2 Å². The Bertz CT molecular complexity index is 635. The Kier molecular flexibility index (Phi) is 2.38. The molecule has 2 aromatic heterocycles. The summed E-state index contributed by atoms with van der Waals surface area (Å²) in [4.78, 5) is 3.83. The second kappa shape index (κ2) is 3.34. The Hall–Kier alpha value is -0.820. The minimum atomic E-state index is -3.90. The third kappa shape index (κ3) is 1.81. The second-order valence-electron chi connectivity index (χ2n) is 2.83. The number of imidazole rings is 1. The molecule has 0 bridgehead atoms. The van der Waals surface area contributed by atoms with E-state index in [1.165, 1.54) is 22.7 Å². The first-order valence-electron chi connectivity index (χ1n) is 3.75. The van der Waals surface area contributed by atoms with Crippen molar-refractivity contribution in [1.29, 1.82) is 0 Å². The van der Waals surface area contributed by atoms with Crippen molar-refractivity contribution in [3.8, 4) is 0 Å². The standard InChI is InChI=1S/C7H5Cl2N3O2S/c8-4-1-2-12-5(3-4)11-6(9)7(12)15(10,13)14/h1-3H,(H2,10,13,14). The molecule has 0 amide bonds. The molecular formula is C7H5Cl2N3O2S. The zero-order valence-corrected chi connectivity index (χ0v) is 9.51. The molecule has 8 heteroatoms. The van der Waals surface area contributed by atoms with Crippen LogP contribution in [0, 0.1) is 0 Å². The molecule has 0 aromatic carbocycles. The Morgan fingerprint density at radius 1 is 1.40 bits per heavy atom. The molecule has 0 aliphatic carbocycles. The van der Waals surface area contributed by atoms with E-state index in [4.69, 9.17) is 28.3 Å². The molecule has 0 saturated carbocycles. The largest absolute Gasteiger partial charge is 0.288 e. The molecule has 2 N–H and O–H groups in total.